The fourth-order valence-corrected chi connectivity index (χ4v) is 3.45. The molecule has 118 valence electrons. The van der Waals surface area contributed by atoms with Crippen LogP contribution in [0.25, 0.3) is 5.69 Å². The lowest BCUT2D eigenvalue weighted by molar-refractivity contribution is 0.601. The molecule has 0 spiro atoms. The topological polar surface area (TPSA) is 89.8 Å². The molecule has 23 heavy (non-hydrogen) atoms. The summed E-state index contributed by atoms with van der Waals surface area (Å²) in [6, 6.07) is 11.2. The first-order valence-corrected chi connectivity index (χ1v) is 8.44. The van der Waals surface area contributed by atoms with Crippen molar-refractivity contribution in [2.24, 2.45) is 0 Å². The number of benzene rings is 2. The molecule has 2 aromatic carbocycles. The van der Waals surface area contributed by atoms with Gasteiger partial charge in [-0.2, -0.15) is 0 Å². The van der Waals surface area contributed by atoms with Crippen LogP contribution in [-0.2, 0) is 10.0 Å². The van der Waals surface area contributed by atoms with Gasteiger partial charge >= 0.3 is 0 Å². The smallest absolute Gasteiger partial charge is 0.261 e. The van der Waals surface area contributed by atoms with E-state index in [0.29, 0.717) is 10.7 Å². The number of nitrogens with one attached hydrogen (secondary N) is 1. The van der Waals surface area contributed by atoms with E-state index in [1.165, 1.54) is 23.1 Å². The third-order valence-corrected chi connectivity index (χ3v) is 4.77. The van der Waals surface area contributed by atoms with Crippen LogP contribution in [0.15, 0.2) is 53.7 Å². The molecule has 1 N–H and O–H groups in total. The third kappa shape index (κ3) is 3.33. The Bertz CT molecular complexity index is 942. The maximum absolute atomic E-state index is 12.4. The number of hydrogen-bond donors (Lipinski definition) is 1. The molecular weight excluding hydrogens is 338 g/mol. The van der Waals surface area contributed by atoms with E-state index in [2.05, 4.69) is 20.2 Å². The van der Waals surface area contributed by atoms with Gasteiger partial charge in [0.1, 0.15) is 6.33 Å². The molecule has 0 aliphatic heterocycles. The molecule has 3 aromatic rings. The van der Waals surface area contributed by atoms with Crippen molar-refractivity contribution in [3.8, 4) is 5.69 Å². The first kappa shape index (κ1) is 15.4. The Morgan fingerprint density at radius 3 is 2.65 bits per heavy atom. The molecule has 0 aliphatic carbocycles. The summed E-state index contributed by atoms with van der Waals surface area (Å²) in [5.41, 5.74) is 2.03. The molecule has 0 atom stereocenters. The van der Waals surface area contributed by atoms with Gasteiger partial charge in [-0.15, -0.1) is 5.10 Å². The molecule has 0 amide bonds. The SMILES string of the molecule is Cc1cc(NS(=O)(=O)c2cccc(Cl)c2)ccc1-n1cnnn1. The number of rotatable bonds is 4. The second-order valence-electron chi connectivity index (χ2n) is 4.82. The van der Waals surface area contributed by atoms with Gasteiger partial charge in [-0.1, -0.05) is 17.7 Å². The van der Waals surface area contributed by atoms with Crippen molar-refractivity contribution in [2.75, 3.05) is 4.72 Å². The number of aryl methyl sites for hydroxylation is 1. The summed E-state index contributed by atoms with van der Waals surface area (Å²) < 4.78 is 28.8. The second-order valence-corrected chi connectivity index (χ2v) is 6.94. The average Bonchev–Trinajstić information content (AvgIpc) is 3.01. The zero-order valence-corrected chi connectivity index (χ0v) is 13.6. The Balaban J connectivity index is 1.90. The van der Waals surface area contributed by atoms with Crippen molar-refractivity contribution in [1.29, 1.82) is 0 Å². The molecule has 0 bridgehead atoms. The minimum atomic E-state index is -3.70. The Morgan fingerprint density at radius 2 is 2.00 bits per heavy atom. The van der Waals surface area contributed by atoms with E-state index >= 15 is 0 Å². The van der Waals surface area contributed by atoms with Gasteiger partial charge < -0.3 is 0 Å². The third-order valence-electron chi connectivity index (χ3n) is 3.15. The standard InChI is InChI=1S/C14H12ClN5O2S/c1-10-7-12(5-6-14(10)20-9-16-18-19-20)17-23(21,22)13-4-2-3-11(15)8-13/h2-9,17H,1H3. The van der Waals surface area contributed by atoms with Crippen LogP contribution in [0.1, 0.15) is 5.56 Å². The van der Waals surface area contributed by atoms with Crippen LogP contribution in [0.4, 0.5) is 5.69 Å². The van der Waals surface area contributed by atoms with Crippen molar-refractivity contribution < 1.29 is 8.42 Å². The summed E-state index contributed by atoms with van der Waals surface area (Å²) in [6.07, 6.45) is 1.47. The monoisotopic (exact) mass is 349 g/mol. The molecule has 7 nitrogen and oxygen atoms in total. The number of halogens is 1. The van der Waals surface area contributed by atoms with Crippen LogP contribution in [0, 0.1) is 6.92 Å². The van der Waals surface area contributed by atoms with Gasteiger partial charge in [0.05, 0.1) is 10.6 Å². The lowest BCUT2D eigenvalue weighted by atomic mass is 10.2. The molecule has 0 unspecified atom stereocenters. The molecule has 0 saturated heterocycles. The summed E-state index contributed by atoms with van der Waals surface area (Å²) in [7, 11) is -3.70. The van der Waals surface area contributed by atoms with Crippen LogP contribution in [0.3, 0.4) is 0 Å². The van der Waals surface area contributed by atoms with Gasteiger partial charge in [0.15, 0.2) is 0 Å². The normalized spacial score (nSPS) is 11.4. The van der Waals surface area contributed by atoms with E-state index in [0.717, 1.165) is 11.3 Å². The highest BCUT2D eigenvalue weighted by molar-refractivity contribution is 7.92. The zero-order valence-electron chi connectivity index (χ0n) is 12.0. The molecular formula is C14H12ClN5O2S. The first-order chi connectivity index (χ1) is 11.0. The summed E-state index contributed by atoms with van der Waals surface area (Å²) >= 11 is 5.84. The van der Waals surface area contributed by atoms with Gasteiger partial charge in [-0.05, 0) is 59.3 Å². The summed E-state index contributed by atoms with van der Waals surface area (Å²) in [4.78, 5) is 0.104. The molecule has 1 heterocycles. The Morgan fingerprint density at radius 1 is 1.17 bits per heavy atom. The maximum Gasteiger partial charge on any atom is 0.261 e. The highest BCUT2D eigenvalue weighted by atomic mass is 35.5. The minimum Gasteiger partial charge on any atom is -0.280 e. The Hall–Kier alpha value is -2.45. The van der Waals surface area contributed by atoms with Gasteiger partial charge in [0.25, 0.3) is 10.0 Å². The van der Waals surface area contributed by atoms with E-state index < -0.39 is 10.0 Å². The van der Waals surface area contributed by atoms with E-state index in [9.17, 15) is 8.42 Å². The van der Waals surface area contributed by atoms with E-state index in [1.807, 2.05) is 6.92 Å². The Labute approximate surface area is 138 Å². The van der Waals surface area contributed by atoms with E-state index in [1.54, 1.807) is 30.3 Å². The van der Waals surface area contributed by atoms with E-state index in [4.69, 9.17) is 11.6 Å². The average molecular weight is 350 g/mol. The predicted octanol–water partition coefficient (Wildman–Crippen LogP) is 2.42. The number of tetrazole rings is 1. The first-order valence-electron chi connectivity index (χ1n) is 6.58. The van der Waals surface area contributed by atoms with Gasteiger partial charge in [0.2, 0.25) is 0 Å². The lowest BCUT2D eigenvalue weighted by Gasteiger charge is -2.11. The fourth-order valence-electron chi connectivity index (χ4n) is 2.10. The molecule has 0 aliphatic rings. The van der Waals surface area contributed by atoms with Crippen LogP contribution in [0.5, 0.6) is 0 Å². The predicted molar refractivity (Wildman–Crippen MR) is 86.2 cm³/mol. The molecule has 0 saturated carbocycles. The minimum absolute atomic E-state index is 0.104. The largest absolute Gasteiger partial charge is 0.280 e. The van der Waals surface area contributed by atoms with Crippen LogP contribution in [0.2, 0.25) is 5.02 Å². The van der Waals surface area contributed by atoms with Crippen molar-refractivity contribution in [3.05, 3.63) is 59.4 Å². The number of sulfonamides is 1. The molecule has 0 radical (unpaired) electrons. The number of anilines is 1. The molecule has 9 heteroatoms. The summed E-state index contributed by atoms with van der Waals surface area (Å²) in [6.45, 7) is 1.84. The zero-order chi connectivity index (χ0) is 16.4. The highest BCUT2D eigenvalue weighted by Gasteiger charge is 2.15. The molecule has 3 rings (SSSR count). The van der Waals surface area contributed by atoms with E-state index in [-0.39, 0.29) is 4.90 Å². The van der Waals surface area contributed by atoms with Crippen molar-refractivity contribution in [3.63, 3.8) is 0 Å². The summed E-state index contributed by atoms with van der Waals surface area (Å²) in [5.74, 6) is 0. The lowest BCUT2D eigenvalue weighted by Crippen LogP contribution is -2.13. The molecule has 1 aromatic heterocycles. The fraction of sp³-hybridized carbons (Fsp3) is 0.0714. The summed E-state index contributed by atoms with van der Waals surface area (Å²) in [5, 5.41) is 11.3. The van der Waals surface area contributed by atoms with Crippen molar-refractivity contribution in [2.45, 2.75) is 11.8 Å². The van der Waals surface area contributed by atoms with Crippen LogP contribution >= 0.6 is 11.6 Å². The number of nitrogens with zero attached hydrogens (tertiary/aromatic N) is 4. The molecule has 0 fully saturated rings. The Kier molecular flexibility index (Phi) is 4.01. The van der Waals surface area contributed by atoms with Crippen molar-refractivity contribution in [1.82, 2.24) is 20.2 Å². The van der Waals surface area contributed by atoms with Crippen LogP contribution in [-0.4, -0.2) is 28.6 Å². The maximum atomic E-state index is 12.4. The highest BCUT2D eigenvalue weighted by Crippen LogP contribution is 2.22. The van der Waals surface area contributed by atoms with Gasteiger partial charge in [0, 0.05) is 10.7 Å². The van der Waals surface area contributed by atoms with Crippen molar-refractivity contribution >= 4 is 27.3 Å². The second kappa shape index (κ2) is 5.98. The number of aromatic nitrogens is 4. The van der Waals surface area contributed by atoms with Crippen LogP contribution < -0.4 is 4.72 Å². The van der Waals surface area contributed by atoms with Gasteiger partial charge in [-0.25, -0.2) is 13.1 Å². The van der Waals surface area contributed by atoms with Gasteiger partial charge in [-0.3, -0.25) is 4.72 Å². The number of hydrogen-bond acceptors (Lipinski definition) is 5. The quantitative estimate of drug-likeness (QED) is 0.781.